The van der Waals surface area contributed by atoms with Gasteiger partial charge in [0.05, 0.1) is 11.8 Å². The van der Waals surface area contributed by atoms with Crippen LogP contribution in [0.4, 0.5) is 5.82 Å². The van der Waals surface area contributed by atoms with Crippen LogP contribution >= 0.6 is 0 Å². The van der Waals surface area contributed by atoms with Gasteiger partial charge in [0.25, 0.3) is 0 Å². The number of aromatic nitrogens is 2. The lowest BCUT2D eigenvalue weighted by Gasteiger charge is -2.02. The van der Waals surface area contributed by atoms with Crippen LogP contribution in [0.2, 0.25) is 0 Å². The molecule has 4 nitrogen and oxygen atoms in total. The number of rotatable bonds is 12. The lowest BCUT2D eigenvalue weighted by Crippen LogP contribution is -2.01. The number of H-pyrrole nitrogens is 1. The maximum atomic E-state index is 11.8. The van der Waals surface area contributed by atoms with Crippen LogP contribution in [-0.2, 0) is 0 Å². The standard InChI is InChI=1S/C16H29N3O/c1-2-3-4-5-6-7-8-9-10-11-12-15(20)14-13-18-19-16(14)17/h13H,2-12H2,1H3,(H3,17,18,19). The van der Waals surface area contributed by atoms with Crippen molar-refractivity contribution >= 4 is 11.6 Å². The summed E-state index contributed by atoms with van der Waals surface area (Å²) in [7, 11) is 0. The molecule has 0 saturated heterocycles. The molecular formula is C16H29N3O. The molecule has 3 N–H and O–H groups in total. The predicted octanol–water partition coefficient (Wildman–Crippen LogP) is 4.49. The Morgan fingerprint density at radius 2 is 1.60 bits per heavy atom. The number of anilines is 1. The lowest BCUT2D eigenvalue weighted by atomic mass is 10.0. The van der Waals surface area contributed by atoms with Gasteiger partial charge >= 0.3 is 0 Å². The zero-order valence-electron chi connectivity index (χ0n) is 12.8. The number of carbonyl (C=O) groups excluding carboxylic acids is 1. The van der Waals surface area contributed by atoms with Crippen molar-refractivity contribution in [3.63, 3.8) is 0 Å². The molecule has 0 spiro atoms. The topological polar surface area (TPSA) is 71.8 Å². The number of nitrogens with one attached hydrogen (secondary N) is 1. The summed E-state index contributed by atoms with van der Waals surface area (Å²) in [5.74, 6) is 0.498. The molecular weight excluding hydrogens is 250 g/mol. The van der Waals surface area contributed by atoms with Gasteiger partial charge in [-0.2, -0.15) is 5.10 Å². The molecule has 0 fully saturated rings. The Morgan fingerprint density at radius 1 is 1.05 bits per heavy atom. The number of unbranched alkanes of at least 4 members (excludes halogenated alkanes) is 9. The fraction of sp³-hybridized carbons (Fsp3) is 0.750. The first-order valence-corrected chi connectivity index (χ1v) is 8.07. The first kappa shape index (κ1) is 16.7. The molecule has 1 aromatic heterocycles. The SMILES string of the molecule is CCCCCCCCCCCCC(=O)c1cn[nH]c1N. The maximum absolute atomic E-state index is 11.8. The molecule has 0 saturated carbocycles. The van der Waals surface area contributed by atoms with Crippen LogP contribution in [0.25, 0.3) is 0 Å². The minimum Gasteiger partial charge on any atom is -0.383 e. The molecule has 0 aliphatic carbocycles. The predicted molar refractivity (Wildman–Crippen MR) is 83.8 cm³/mol. The molecule has 114 valence electrons. The van der Waals surface area contributed by atoms with Crippen molar-refractivity contribution in [3.8, 4) is 0 Å². The largest absolute Gasteiger partial charge is 0.383 e. The summed E-state index contributed by atoms with van der Waals surface area (Å²) in [6, 6.07) is 0. The Hall–Kier alpha value is -1.32. The Labute approximate surface area is 122 Å². The fourth-order valence-corrected chi connectivity index (χ4v) is 2.43. The van der Waals surface area contributed by atoms with Crippen molar-refractivity contribution in [1.29, 1.82) is 0 Å². The van der Waals surface area contributed by atoms with E-state index in [-0.39, 0.29) is 5.78 Å². The van der Waals surface area contributed by atoms with Crippen molar-refractivity contribution < 1.29 is 4.79 Å². The molecule has 0 unspecified atom stereocenters. The summed E-state index contributed by atoms with van der Waals surface area (Å²) in [5, 5.41) is 6.37. The van der Waals surface area contributed by atoms with E-state index in [0.717, 1.165) is 12.8 Å². The van der Waals surface area contributed by atoms with Crippen LogP contribution in [0.5, 0.6) is 0 Å². The number of nitrogens with two attached hydrogens (primary N) is 1. The van der Waals surface area contributed by atoms with E-state index < -0.39 is 0 Å². The van der Waals surface area contributed by atoms with Crippen molar-refractivity contribution in [2.24, 2.45) is 0 Å². The van der Waals surface area contributed by atoms with Gasteiger partial charge in [0.2, 0.25) is 0 Å². The molecule has 1 rings (SSSR count). The van der Waals surface area contributed by atoms with E-state index in [4.69, 9.17) is 5.73 Å². The summed E-state index contributed by atoms with van der Waals surface area (Å²) in [4.78, 5) is 11.8. The van der Waals surface area contributed by atoms with Crippen molar-refractivity contribution in [2.45, 2.75) is 77.6 Å². The first-order valence-electron chi connectivity index (χ1n) is 8.07. The van der Waals surface area contributed by atoms with Gasteiger partial charge < -0.3 is 5.73 Å². The minimum atomic E-state index is 0.107. The molecule has 0 radical (unpaired) electrons. The molecule has 20 heavy (non-hydrogen) atoms. The van der Waals surface area contributed by atoms with Gasteiger partial charge in [0.15, 0.2) is 5.78 Å². The van der Waals surface area contributed by atoms with Gasteiger partial charge in [-0.3, -0.25) is 9.89 Å². The molecule has 1 heterocycles. The molecule has 0 bridgehead atoms. The quantitative estimate of drug-likeness (QED) is 0.437. The van der Waals surface area contributed by atoms with E-state index in [1.807, 2.05) is 0 Å². The van der Waals surface area contributed by atoms with Gasteiger partial charge in [-0.1, -0.05) is 64.7 Å². The second-order valence-electron chi connectivity index (χ2n) is 5.55. The number of hydrogen-bond donors (Lipinski definition) is 2. The highest BCUT2D eigenvalue weighted by Gasteiger charge is 2.10. The average molecular weight is 279 g/mol. The number of nitrogens with zero attached hydrogens (tertiary/aromatic N) is 1. The average Bonchev–Trinajstić information content (AvgIpc) is 2.87. The third-order valence-electron chi connectivity index (χ3n) is 3.73. The van der Waals surface area contributed by atoms with Gasteiger partial charge in [-0.05, 0) is 6.42 Å². The second-order valence-corrected chi connectivity index (χ2v) is 5.55. The second kappa shape index (κ2) is 10.5. The van der Waals surface area contributed by atoms with Crippen LogP contribution in [0.15, 0.2) is 6.20 Å². The van der Waals surface area contributed by atoms with E-state index in [1.54, 1.807) is 0 Å². The van der Waals surface area contributed by atoms with Gasteiger partial charge in [-0.15, -0.1) is 0 Å². The monoisotopic (exact) mass is 279 g/mol. The van der Waals surface area contributed by atoms with Crippen LogP contribution in [0, 0.1) is 0 Å². The molecule has 0 atom stereocenters. The molecule has 1 aromatic rings. The van der Waals surface area contributed by atoms with Crippen LogP contribution < -0.4 is 5.73 Å². The van der Waals surface area contributed by atoms with E-state index in [9.17, 15) is 4.79 Å². The van der Waals surface area contributed by atoms with Gasteiger partial charge in [-0.25, -0.2) is 0 Å². The minimum absolute atomic E-state index is 0.107. The van der Waals surface area contributed by atoms with Crippen molar-refractivity contribution in [3.05, 3.63) is 11.8 Å². The molecule has 4 heteroatoms. The number of carbonyl (C=O) groups is 1. The van der Waals surface area contributed by atoms with Crippen LogP contribution in [0.1, 0.15) is 87.9 Å². The highest BCUT2D eigenvalue weighted by atomic mass is 16.1. The third-order valence-corrected chi connectivity index (χ3v) is 3.73. The Bertz CT molecular complexity index is 374. The number of nitrogen functional groups attached to an aromatic ring is 1. The molecule has 0 amide bonds. The van der Waals surface area contributed by atoms with Gasteiger partial charge in [0.1, 0.15) is 5.82 Å². The fourth-order valence-electron chi connectivity index (χ4n) is 2.43. The molecule has 0 aliphatic rings. The van der Waals surface area contributed by atoms with E-state index in [1.165, 1.54) is 57.6 Å². The Morgan fingerprint density at radius 3 is 2.10 bits per heavy atom. The number of aromatic amines is 1. The number of hydrogen-bond acceptors (Lipinski definition) is 3. The zero-order chi connectivity index (χ0) is 14.6. The van der Waals surface area contributed by atoms with Crippen LogP contribution in [0.3, 0.4) is 0 Å². The summed E-state index contributed by atoms with van der Waals surface area (Å²) >= 11 is 0. The van der Waals surface area contributed by atoms with Crippen LogP contribution in [-0.4, -0.2) is 16.0 Å². The normalized spacial score (nSPS) is 10.8. The Balaban J connectivity index is 1.92. The summed E-state index contributed by atoms with van der Waals surface area (Å²) < 4.78 is 0. The first-order chi connectivity index (χ1) is 9.75. The highest BCUT2D eigenvalue weighted by Crippen LogP contribution is 2.14. The highest BCUT2D eigenvalue weighted by molar-refractivity contribution is 5.99. The Kier molecular flexibility index (Phi) is 8.76. The lowest BCUT2D eigenvalue weighted by molar-refractivity contribution is 0.0980. The molecule has 0 aliphatic heterocycles. The van der Waals surface area contributed by atoms with Crippen molar-refractivity contribution in [2.75, 3.05) is 5.73 Å². The summed E-state index contributed by atoms with van der Waals surface area (Å²) in [6.07, 6.45) is 14.9. The summed E-state index contributed by atoms with van der Waals surface area (Å²) in [6.45, 7) is 2.25. The van der Waals surface area contributed by atoms with E-state index in [2.05, 4.69) is 17.1 Å². The number of ketones is 1. The summed E-state index contributed by atoms with van der Waals surface area (Å²) in [5.41, 5.74) is 6.17. The van der Waals surface area contributed by atoms with E-state index >= 15 is 0 Å². The third kappa shape index (κ3) is 6.73. The molecule has 0 aromatic carbocycles. The maximum Gasteiger partial charge on any atom is 0.168 e. The van der Waals surface area contributed by atoms with E-state index in [0.29, 0.717) is 17.8 Å². The van der Waals surface area contributed by atoms with Gasteiger partial charge in [0, 0.05) is 6.42 Å². The zero-order valence-corrected chi connectivity index (χ0v) is 12.8. The number of Topliss-reactive ketones (excluding diaryl/α,β-unsaturated/α-hetero) is 1. The smallest absolute Gasteiger partial charge is 0.168 e. The van der Waals surface area contributed by atoms with Crippen molar-refractivity contribution in [1.82, 2.24) is 10.2 Å².